The van der Waals surface area contributed by atoms with Crippen LogP contribution in [0.25, 0.3) is 0 Å². The lowest BCUT2D eigenvalue weighted by Crippen LogP contribution is -2.61. The van der Waals surface area contributed by atoms with Crippen LogP contribution in [0.5, 0.6) is 11.5 Å². The third kappa shape index (κ3) is 19.5. The highest BCUT2D eigenvalue weighted by molar-refractivity contribution is 6.30. The van der Waals surface area contributed by atoms with Crippen LogP contribution in [-0.2, 0) is 49.5 Å². The number of halogens is 1. The number of amides is 4. The maximum Gasteiger partial charge on any atom is 0.335 e. The summed E-state index contributed by atoms with van der Waals surface area (Å²) in [7, 11) is 0. The summed E-state index contributed by atoms with van der Waals surface area (Å²) in [5.74, 6) is -2.18. The Balaban J connectivity index is 1.06. The van der Waals surface area contributed by atoms with Crippen molar-refractivity contribution in [2.45, 2.75) is 89.1 Å². The van der Waals surface area contributed by atoms with Crippen molar-refractivity contribution in [1.82, 2.24) is 15.5 Å². The molecule has 0 aliphatic carbocycles. The molecule has 5 rings (SSSR count). The number of anilines is 2. The Hall–Kier alpha value is -6.49. The number of nitriles is 1. The molecule has 2 aliphatic rings. The summed E-state index contributed by atoms with van der Waals surface area (Å²) in [5.41, 5.74) is 1.41. The highest BCUT2D eigenvalue weighted by Gasteiger charge is 2.48. The number of pyridine rings is 1. The molecule has 1 unspecified atom stereocenters. The molecule has 2 aromatic carbocycles. The minimum Gasteiger partial charge on any atom is -0.494 e. The number of aliphatic imine (C=N–C) groups is 1. The van der Waals surface area contributed by atoms with E-state index in [1.165, 1.54) is 11.0 Å². The van der Waals surface area contributed by atoms with Crippen molar-refractivity contribution in [3.63, 3.8) is 0 Å². The second-order valence-corrected chi connectivity index (χ2v) is 17.4. The van der Waals surface area contributed by atoms with Gasteiger partial charge < -0.3 is 64.8 Å². The number of aliphatic hydroxyl groups excluding tert-OH is 3. The predicted molar refractivity (Wildman–Crippen MR) is 261 cm³/mol. The second-order valence-electron chi connectivity index (χ2n) is 17.0. The number of hydrogen-bond donors (Lipinski definition) is 8. The van der Waals surface area contributed by atoms with Gasteiger partial charge in [-0.2, -0.15) is 5.26 Å². The zero-order chi connectivity index (χ0) is 52.5. The number of aliphatic carboxylic acids is 1. The predicted octanol–water partition coefficient (Wildman–Crippen LogP) is 1.70. The number of guanidine groups is 1. The number of carboxylic acids is 1. The quantitative estimate of drug-likeness (QED) is 0.00896. The van der Waals surface area contributed by atoms with Gasteiger partial charge in [-0.1, -0.05) is 24.9 Å². The van der Waals surface area contributed by atoms with Gasteiger partial charge in [0.05, 0.1) is 64.2 Å². The van der Waals surface area contributed by atoms with E-state index in [0.29, 0.717) is 35.4 Å². The summed E-state index contributed by atoms with van der Waals surface area (Å²) in [6.45, 7) is 4.58. The van der Waals surface area contributed by atoms with E-state index >= 15 is 0 Å². The number of benzene rings is 2. The molecule has 23 nitrogen and oxygen atoms in total. The first-order valence-corrected chi connectivity index (χ1v) is 24.3. The molecule has 24 heteroatoms. The van der Waals surface area contributed by atoms with E-state index < -0.39 is 42.6 Å². The second kappa shape index (κ2) is 30.5. The van der Waals surface area contributed by atoms with E-state index in [4.69, 9.17) is 40.0 Å². The van der Waals surface area contributed by atoms with Gasteiger partial charge in [0.1, 0.15) is 29.8 Å². The van der Waals surface area contributed by atoms with E-state index in [2.05, 4.69) is 26.3 Å². The summed E-state index contributed by atoms with van der Waals surface area (Å²) in [5, 5.41) is 61.7. The molecule has 2 aliphatic heterocycles. The van der Waals surface area contributed by atoms with Crippen molar-refractivity contribution >= 4 is 58.5 Å². The molecule has 4 amide bonds. The lowest BCUT2D eigenvalue weighted by molar-refractivity contribution is -0.688. The van der Waals surface area contributed by atoms with Gasteiger partial charge in [-0.25, -0.2) is 9.36 Å². The number of carbonyl (C=O) groups is 5. The number of aliphatic hydroxyl groups is 3. The molecule has 0 saturated carbocycles. The SMILES string of the molecule is CC1CC(=O)N(CCOCCOCCOCCC(=O)NCCC(=O)Nc2cc(C[n+]3ccc(NC(=NCCCCCCOc4ccc(Cl)cc4)NC#N)cc3)ccc2O[C@@H]2O[C@H](C(=O)O)[C@@H](O)[C@H](O)[C@H]2O)C1=O. The molecule has 0 bridgehead atoms. The lowest BCUT2D eigenvalue weighted by atomic mass is 9.99. The van der Waals surface area contributed by atoms with Crippen molar-refractivity contribution in [3.8, 4) is 17.7 Å². The molecule has 1 aromatic heterocycles. The number of carbonyl (C=O) groups excluding carboxylic acids is 4. The normalized spacial score (nSPS) is 19.8. The highest BCUT2D eigenvalue weighted by atomic mass is 35.5. The van der Waals surface area contributed by atoms with Crippen molar-refractivity contribution in [2.75, 3.05) is 76.5 Å². The number of ether oxygens (including phenoxy) is 6. The maximum atomic E-state index is 13.2. The first-order chi connectivity index (χ1) is 35.2. The van der Waals surface area contributed by atoms with Crippen LogP contribution in [0.3, 0.4) is 0 Å². The van der Waals surface area contributed by atoms with Crippen molar-refractivity contribution in [2.24, 2.45) is 10.9 Å². The van der Waals surface area contributed by atoms with Crippen molar-refractivity contribution in [3.05, 3.63) is 77.6 Å². The Morgan fingerprint density at radius 3 is 2.23 bits per heavy atom. The Kier molecular flexibility index (Phi) is 24.0. The largest absolute Gasteiger partial charge is 0.494 e. The van der Waals surface area contributed by atoms with Gasteiger partial charge in [-0.05, 0) is 61.7 Å². The third-order valence-corrected chi connectivity index (χ3v) is 11.5. The number of imide groups is 1. The molecule has 73 heavy (non-hydrogen) atoms. The van der Waals surface area contributed by atoms with E-state index in [1.54, 1.807) is 55.7 Å². The molecule has 2 saturated heterocycles. The molecule has 396 valence electrons. The van der Waals surface area contributed by atoms with Crippen LogP contribution in [0, 0.1) is 17.4 Å². The first-order valence-electron chi connectivity index (χ1n) is 23.9. The summed E-state index contributed by atoms with van der Waals surface area (Å²) < 4.78 is 35.0. The van der Waals surface area contributed by atoms with Gasteiger partial charge in [-0.3, -0.25) is 34.4 Å². The Labute approximate surface area is 427 Å². The van der Waals surface area contributed by atoms with Crippen LogP contribution in [0.2, 0.25) is 5.02 Å². The van der Waals surface area contributed by atoms with Crippen molar-refractivity contribution in [1.29, 1.82) is 5.26 Å². The van der Waals surface area contributed by atoms with Crippen LogP contribution >= 0.6 is 11.6 Å². The fraction of sp³-hybridized carbons (Fsp3) is 0.510. The first kappa shape index (κ1) is 57.4. The summed E-state index contributed by atoms with van der Waals surface area (Å²) in [4.78, 5) is 66.9. The van der Waals surface area contributed by atoms with Gasteiger partial charge in [0, 0.05) is 61.0 Å². The van der Waals surface area contributed by atoms with Gasteiger partial charge in [0.15, 0.2) is 31.2 Å². The summed E-state index contributed by atoms with van der Waals surface area (Å²) in [6, 6.07) is 15.5. The smallest absolute Gasteiger partial charge is 0.335 e. The molecule has 2 fully saturated rings. The Bertz CT molecular complexity index is 2340. The van der Waals surface area contributed by atoms with Crippen LogP contribution in [0.15, 0.2) is 72.0 Å². The van der Waals surface area contributed by atoms with Crippen LogP contribution in [-0.4, -0.2) is 157 Å². The number of likely N-dealkylation sites (tertiary alicyclic amines) is 1. The number of aromatic nitrogens is 1. The minimum atomic E-state index is -1.94. The highest BCUT2D eigenvalue weighted by Crippen LogP contribution is 2.31. The molecule has 3 aromatic rings. The summed E-state index contributed by atoms with van der Waals surface area (Å²) >= 11 is 5.92. The standard InChI is InChI=1S/C49H63ClN8O15/c1-32-28-41(61)58(46(32)65)20-23-69-25-27-70-26-24-68-22-15-39(59)52-17-12-40(60)56-37-29-33(6-11-38(37)72-48-44(64)42(62)43(63)45(73-48)47(66)67)30-57-18-13-35(14-19-57)55-49(54-31-51)53-16-4-2-3-5-21-71-36-9-7-34(50)8-10-36/h6-11,13-14,18-19,29,32,42-45,48,62-64H,2-5,12,15-17,20-28,30H2,1H3,(H4,52,53,54,56,59,60,66,67)/p+1/t32?,42-,43-,44+,45-,48+/m0/s1. The maximum absolute atomic E-state index is 13.2. The van der Waals surface area contributed by atoms with Gasteiger partial charge >= 0.3 is 5.97 Å². The number of rotatable bonds is 30. The van der Waals surface area contributed by atoms with Crippen LogP contribution in [0.1, 0.15) is 57.4 Å². The fourth-order valence-corrected chi connectivity index (χ4v) is 7.47. The lowest BCUT2D eigenvalue weighted by Gasteiger charge is -2.38. The fourth-order valence-electron chi connectivity index (χ4n) is 7.35. The molecular weight excluding hydrogens is 976 g/mol. The minimum absolute atomic E-state index is 0.0177. The number of nitrogens with one attached hydrogen (secondary N) is 4. The molecular formula is C49H64ClN8O15+. The molecule has 0 spiro atoms. The Morgan fingerprint density at radius 2 is 1.55 bits per heavy atom. The van der Waals surface area contributed by atoms with Crippen molar-refractivity contribution < 1.29 is 77.4 Å². The zero-order valence-electron chi connectivity index (χ0n) is 40.5. The summed E-state index contributed by atoms with van der Waals surface area (Å²) in [6.07, 6.45) is -0.307. The van der Waals surface area contributed by atoms with Crippen LogP contribution < -0.4 is 35.3 Å². The van der Waals surface area contributed by atoms with E-state index in [9.17, 15) is 49.7 Å². The van der Waals surface area contributed by atoms with E-state index in [0.717, 1.165) is 31.4 Å². The topological polar surface area (TPSA) is 313 Å². The van der Waals surface area contributed by atoms with Gasteiger partial charge in [-0.15, -0.1) is 0 Å². The van der Waals surface area contributed by atoms with Gasteiger partial charge in [0.25, 0.3) is 0 Å². The third-order valence-electron chi connectivity index (χ3n) is 11.3. The van der Waals surface area contributed by atoms with Crippen LogP contribution in [0.4, 0.5) is 11.4 Å². The molecule has 3 heterocycles. The number of unbranched alkanes of at least 4 members (excludes halogenated alkanes) is 3. The zero-order valence-corrected chi connectivity index (χ0v) is 41.2. The molecule has 6 atom stereocenters. The molecule has 8 N–H and O–H groups in total. The average molecular weight is 1040 g/mol. The number of hydrogen-bond acceptors (Lipinski definition) is 16. The number of carboxylic acid groups (broad SMARTS) is 1. The monoisotopic (exact) mass is 1040 g/mol. The molecule has 0 radical (unpaired) electrons. The Morgan fingerprint density at radius 1 is 0.849 bits per heavy atom. The van der Waals surface area contributed by atoms with E-state index in [1.807, 2.05) is 22.9 Å². The van der Waals surface area contributed by atoms with E-state index in [-0.39, 0.29) is 114 Å². The average Bonchev–Trinajstić information content (AvgIpc) is 3.61. The number of nitrogens with zero attached hydrogens (tertiary/aromatic N) is 4. The van der Waals surface area contributed by atoms with Gasteiger partial charge in [0.2, 0.25) is 35.9 Å².